The third kappa shape index (κ3) is 6.47. The Hall–Kier alpha value is -3.03. The Morgan fingerprint density at radius 1 is 1.06 bits per heavy atom. The van der Waals surface area contributed by atoms with Crippen LogP contribution in [0.25, 0.3) is 11.3 Å². The average Bonchev–Trinajstić information content (AvgIpc) is 2.78. The van der Waals surface area contributed by atoms with E-state index in [1.54, 1.807) is 18.2 Å². The predicted octanol–water partition coefficient (Wildman–Crippen LogP) is 4.67. The van der Waals surface area contributed by atoms with Crippen LogP contribution in [-0.4, -0.2) is 43.3 Å². The van der Waals surface area contributed by atoms with E-state index in [1.807, 2.05) is 30.3 Å². The van der Waals surface area contributed by atoms with Crippen molar-refractivity contribution in [2.45, 2.75) is 6.42 Å². The molecule has 1 heterocycles. The third-order valence-corrected chi connectivity index (χ3v) is 4.90. The second kappa shape index (κ2) is 10.8. The van der Waals surface area contributed by atoms with E-state index in [1.165, 1.54) is 14.2 Å². The van der Waals surface area contributed by atoms with Crippen molar-refractivity contribution in [3.8, 4) is 23.0 Å². The molecular weight excluding hydrogens is 441 g/mol. The minimum Gasteiger partial charge on any atom is -0.482 e. The van der Waals surface area contributed by atoms with E-state index in [0.717, 1.165) is 11.1 Å². The van der Waals surface area contributed by atoms with Crippen LogP contribution >= 0.6 is 23.2 Å². The lowest BCUT2D eigenvalue weighted by Gasteiger charge is -2.11. The monoisotopic (exact) mass is 461 g/mol. The topological polar surface area (TPSA) is 82.6 Å². The fourth-order valence-corrected chi connectivity index (χ4v) is 3.25. The van der Waals surface area contributed by atoms with Gasteiger partial charge in [-0.2, -0.15) is 9.97 Å². The van der Waals surface area contributed by atoms with E-state index < -0.39 is 5.97 Å². The number of benzene rings is 2. The first-order valence-corrected chi connectivity index (χ1v) is 10.1. The first-order valence-electron chi connectivity index (χ1n) is 9.39. The van der Waals surface area contributed by atoms with E-state index >= 15 is 0 Å². The predicted molar refractivity (Wildman–Crippen MR) is 120 cm³/mol. The zero-order valence-electron chi connectivity index (χ0n) is 17.0. The molecule has 0 aliphatic carbocycles. The van der Waals surface area contributed by atoms with Crippen molar-refractivity contribution in [3.63, 3.8) is 0 Å². The summed E-state index contributed by atoms with van der Waals surface area (Å²) in [5.41, 5.74) is 2.41. The maximum atomic E-state index is 11.3. The largest absolute Gasteiger partial charge is 0.482 e. The van der Waals surface area contributed by atoms with Crippen molar-refractivity contribution in [1.29, 1.82) is 0 Å². The van der Waals surface area contributed by atoms with Crippen LogP contribution in [0.15, 0.2) is 48.5 Å². The molecule has 1 N–H and O–H groups in total. The van der Waals surface area contributed by atoms with Gasteiger partial charge in [0, 0.05) is 28.2 Å². The third-order valence-electron chi connectivity index (χ3n) is 4.32. The fraction of sp³-hybridized carbons (Fsp3) is 0.227. The van der Waals surface area contributed by atoms with Gasteiger partial charge in [-0.05, 0) is 36.2 Å². The summed E-state index contributed by atoms with van der Waals surface area (Å²) in [6, 6.07) is 14.7. The zero-order chi connectivity index (χ0) is 22.2. The van der Waals surface area contributed by atoms with Gasteiger partial charge in [0.05, 0.1) is 19.9 Å². The average molecular weight is 462 g/mol. The number of methoxy groups -OCH3 is 2. The number of hydrogen-bond donors (Lipinski definition) is 1. The molecule has 0 saturated carbocycles. The number of anilines is 1. The molecule has 0 spiro atoms. The Bertz CT molecular complexity index is 1060. The number of ether oxygens (including phenoxy) is 3. The lowest BCUT2D eigenvalue weighted by molar-refractivity contribution is -0.142. The van der Waals surface area contributed by atoms with Crippen molar-refractivity contribution in [2.24, 2.45) is 0 Å². The molecule has 2 aromatic carbocycles. The van der Waals surface area contributed by atoms with Gasteiger partial charge in [0.15, 0.2) is 6.61 Å². The highest BCUT2D eigenvalue weighted by molar-refractivity contribution is 6.35. The number of carbonyl (C=O) groups excluding carboxylic acids is 1. The first kappa shape index (κ1) is 22.7. The lowest BCUT2D eigenvalue weighted by Crippen LogP contribution is -2.12. The molecule has 31 heavy (non-hydrogen) atoms. The van der Waals surface area contributed by atoms with Crippen LogP contribution in [0.1, 0.15) is 5.56 Å². The van der Waals surface area contributed by atoms with Crippen molar-refractivity contribution >= 4 is 35.0 Å². The molecular formula is C22H21Cl2N3O4. The van der Waals surface area contributed by atoms with Gasteiger partial charge in [0.2, 0.25) is 0 Å². The molecule has 0 aliphatic rings. The van der Waals surface area contributed by atoms with Crippen LogP contribution < -0.4 is 14.8 Å². The van der Waals surface area contributed by atoms with E-state index in [9.17, 15) is 4.79 Å². The minimum absolute atomic E-state index is 0.174. The number of esters is 1. The first-order chi connectivity index (χ1) is 15.0. The van der Waals surface area contributed by atoms with Gasteiger partial charge in [0.1, 0.15) is 11.6 Å². The SMILES string of the molecule is COC(=O)COc1cccc(-c2cc(NCCc3ccc(Cl)cc3Cl)nc(OC)n2)c1. The Kier molecular flexibility index (Phi) is 7.92. The van der Waals surface area contributed by atoms with Crippen LogP contribution in [0.2, 0.25) is 10.0 Å². The highest BCUT2D eigenvalue weighted by Crippen LogP contribution is 2.26. The molecule has 0 aliphatic heterocycles. The summed E-state index contributed by atoms with van der Waals surface area (Å²) < 4.78 is 15.3. The quantitative estimate of drug-likeness (QED) is 0.463. The Balaban J connectivity index is 1.73. The molecule has 0 fully saturated rings. The molecule has 162 valence electrons. The van der Waals surface area contributed by atoms with Crippen molar-refractivity contribution in [2.75, 3.05) is 32.7 Å². The molecule has 0 bridgehead atoms. The smallest absolute Gasteiger partial charge is 0.343 e. The van der Waals surface area contributed by atoms with Gasteiger partial charge < -0.3 is 19.5 Å². The number of aromatic nitrogens is 2. The van der Waals surface area contributed by atoms with Gasteiger partial charge in [-0.1, -0.05) is 41.4 Å². The number of halogens is 2. The summed E-state index contributed by atoms with van der Waals surface area (Å²) in [4.78, 5) is 20.1. The number of carbonyl (C=O) groups is 1. The van der Waals surface area contributed by atoms with Crippen LogP contribution in [0.5, 0.6) is 11.8 Å². The van der Waals surface area contributed by atoms with E-state index in [4.69, 9.17) is 32.7 Å². The molecule has 7 nitrogen and oxygen atoms in total. The highest BCUT2D eigenvalue weighted by Gasteiger charge is 2.10. The van der Waals surface area contributed by atoms with Crippen molar-refractivity contribution in [3.05, 3.63) is 64.1 Å². The minimum atomic E-state index is -0.457. The van der Waals surface area contributed by atoms with E-state index in [0.29, 0.717) is 40.3 Å². The summed E-state index contributed by atoms with van der Waals surface area (Å²) >= 11 is 12.2. The van der Waals surface area contributed by atoms with Crippen LogP contribution in [-0.2, 0) is 16.0 Å². The van der Waals surface area contributed by atoms with Gasteiger partial charge in [-0.15, -0.1) is 0 Å². The highest BCUT2D eigenvalue weighted by atomic mass is 35.5. The summed E-state index contributed by atoms with van der Waals surface area (Å²) in [6.45, 7) is 0.427. The summed E-state index contributed by atoms with van der Waals surface area (Å²) in [5.74, 6) is 0.668. The molecule has 3 aromatic rings. The van der Waals surface area contributed by atoms with Crippen LogP contribution in [0, 0.1) is 0 Å². The molecule has 0 saturated heterocycles. The Morgan fingerprint density at radius 3 is 2.65 bits per heavy atom. The standard InChI is InChI=1S/C22H21Cl2N3O4/c1-29-21(28)13-31-17-5-3-4-15(10-17)19-12-20(27-22(26-19)30-2)25-9-8-14-6-7-16(23)11-18(14)24/h3-7,10-12H,8-9,13H2,1-2H3,(H,25,26,27). The van der Waals surface area contributed by atoms with Gasteiger partial charge >= 0.3 is 12.0 Å². The maximum absolute atomic E-state index is 11.3. The summed E-state index contributed by atoms with van der Waals surface area (Å²) in [5, 5.41) is 4.49. The van der Waals surface area contributed by atoms with Gasteiger partial charge in [-0.3, -0.25) is 0 Å². The van der Waals surface area contributed by atoms with Crippen molar-refractivity contribution in [1.82, 2.24) is 9.97 Å². The molecule has 0 radical (unpaired) electrons. The van der Waals surface area contributed by atoms with E-state index in [-0.39, 0.29) is 12.6 Å². The lowest BCUT2D eigenvalue weighted by atomic mass is 10.1. The van der Waals surface area contributed by atoms with Crippen LogP contribution in [0.3, 0.4) is 0 Å². The number of rotatable bonds is 9. The van der Waals surface area contributed by atoms with Gasteiger partial charge in [0.25, 0.3) is 0 Å². The summed E-state index contributed by atoms with van der Waals surface area (Å²) in [6.07, 6.45) is 0.689. The Labute approximate surface area is 190 Å². The molecule has 1 aromatic heterocycles. The second-order valence-electron chi connectivity index (χ2n) is 6.43. The molecule has 0 amide bonds. The number of nitrogens with one attached hydrogen (secondary N) is 1. The maximum Gasteiger partial charge on any atom is 0.343 e. The fourth-order valence-electron chi connectivity index (χ4n) is 2.75. The molecule has 0 unspecified atom stereocenters. The van der Waals surface area contributed by atoms with Crippen LogP contribution in [0.4, 0.5) is 5.82 Å². The molecule has 0 atom stereocenters. The Morgan fingerprint density at radius 2 is 1.90 bits per heavy atom. The van der Waals surface area contributed by atoms with E-state index in [2.05, 4.69) is 20.0 Å². The van der Waals surface area contributed by atoms with Gasteiger partial charge in [-0.25, -0.2) is 4.79 Å². The van der Waals surface area contributed by atoms with Crippen molar-refractivity contribution < 1.29 is 19.0 Å². The number of nitrogens with zero attached hydrogens (tertiary/aromatic N) is 2. The normalized spacial score (nSPS) is 10.5. The molecule has 3 rings (SSSR count). The zero-order valence-corrected chi connectivity index (χ0v) is 18.5. The second-order valence-corrected chi connectivity index (χ2v) is 7.27. The summed E-state index contributed by atoms with van der Waals surface area (Å²) in [7, 11) is 2.82. The number of hydrogen-bond acceptors (Lipinski definition) is 7. The molecule has 9 heteroatoms.